The van der Waals surface area contributed by atoms with Crippen LogP contribution in [0.1, 0.15) is 24.0 Å². The molecule has 36 heavy (non-hydrogen) atoms. The molecule has 1 unspecified atom stereocenters. The van der Waals surface area contributed by atoms with Crippen LogP contribution in [0.15, 0.2) is 60.7 Å². The van der Waals surface area contributed by atoms with Gasteiger partial charge in [0, 0.05) is 18.9 Å². The molecule has 2 aromatic carbocycles. The molecule has 3 amide bonds. The van der Waals surface area contributed by atoms with E-state index >= 15 is 0 Å². The predicted octanol–water partition coefficient (Wildman–Crippen LogP) is 0.741. The summed E-state index contributed by atoms with van der Waals surface area (Å²) < 4.78 is 37.9. The van der Waals surface area contributed by atoms with Gasteiger partial charge in [0.2, 0.25) is 17.3 Å². The molecule has 1 saturated heterocycles. The highest BCUT2D eigenvalue weighted by atomic mass is 32.2. The largest absolute Gasteiger partial charge is 0.445 e. The van der Waals surface area contributed by atoms with Crippen molar-refractivity contribution in [3.8, 4) is 0 Å². The monoisotopic (exact) mass is 519 g/mol. The van der Waals surface area contributed by atoms with E-state index in [1.54, 1.807) is 54.6 Å². The highest BCUT2D eigenvalue weighted by Gasteiger charge is 2.37. The first kappa shape index (κ1) is 27.1. The standard InChI is InChI=1S/C24H29N3O8S/c28-21-18(11-12-25-21)14-20(23(30)36(32,33)34)26-22(29)19(13-16-7-3-1-4-8-16)27-24(31)35-15-17-9-5-2-6-10-17/h1-10,18-20,23,30H,11-15H2,(H,25,28)(H,26,29)(H,27,31)(H,32,33,34)/t18-,19-,20-,23?/m0/s1. The van der Waals surface area contributed by atoms with Gasteiger partial charge in [0.05, 0.1) is 6.04 Å². The highest BCUT2D eigenvalue weighted by molar-refractivity contribution is 7.86. The molecule has 194 valence electrons. The van der Waals surface area contributed by atoms with Crippen molar-refractivity contribution in [2.45, 2.75) is 43.4 Å². The topological polar surface area (TPSA) is 171 Å². The van der Waals surface area contributed by atoms with Gasteiger partial charge < -0.3 is 25.8 Å². The lowest BCUT2D eigenvalue weighted by atomic mass is 9.98. The normalized spacial score (nSPS) is 17.9. The van der Waals surface area contributed by atoms with E-state index in [1.165, 1.54) is 0 Å². The number of aliphatic hydroxyl groups is 1. The molecular weight excluding hydrogens is 490 g/mol. The van der Waals surface area contributed by atoms with Gasteiger partial charge in [-0.05, 0) is 24.0 Å². The summed E-state index contributed by atoms with van der Waals surface area (Å²) in [4.78, 5) is 37.6. The van der Waals surface area contributed by atoms with Crippen LogP contribution in [0.25, 0.3) is 0 Å². The maximum absolute atomic E-state index is 13.2. The molecule has 0 spiro atoms. The van der Waals surface area contributed by atoms with Gasteiger partial charge in [-0.15, -0.1) is 0 Å². The average Bonchev–Trinajstić information content (AvgIpc) is 3.26. The fourth-order valence-corrected chi connectivity index (χ4v) is 4.47. The number of rotatable bonds is 11. The molecule has 2 aromatic rings. The number of benzene rings is 2. The molecule has 12 heteroatoms. The Labute approximate surface area is 209 Å². The van der Waals surface area contributed by atoms with Gasteiger partial charge >= 0.3 is 6.09 Å². The van der Waals surface area contributed by atoms with E-state index in [0.717, 1.165) is 5.56 Å². The maximum Gasteiger partial charge on any atom is 0.408 e. The van der Waals surface area contributed by atoms with Crippen LogP contribution < -0.4 is 16.0 Å². The molecule has 5 N–H and O–H groups in total. The minimum Gasteiger partial charge on any atom is -0.445 e. The van der Waals surface area contributed by atoms with E-state index in [0.29, 0.717) is 18.5 Å². The molecular formula is C24H29N3O8S. The van der Waals surface area contributed by atoms with Gasteiger partial charge in [-0.2, -0.15) is 8.42 Å². The lowest BCUT2D eigenvalue weighted by Crippen LogP contribution is -2.55. The number of ether oxygens (including phenoxy) is 1. The summed E-state index contributed by atoms with van der Waals surface area (Å²) in [6, 6.07) is 15.0. The Kier molecular flexibility index (Phi) is 9.39. The van der Waals surface area contributed by atoms with Gasteiger partial charge in [0.15, 0.2) is 0 Å². The zero-order chi connectivity index (χ0) is 26.1. The van der Waals surface area contributed by atoms with E-state index in [4.69, 9.17) is 4.74 Å². The summed E-state index contributed by atoms with van der Waals surface area (Å²) in [5, 5.41) is 17.7. The maximum atomic E-state index is 13.2. The number of nitrogens with one attached hydrogen (secondary N) is 3. The quantitative estimate of drug-likeness (QED) is 0.271. The molecule has 0 aromatic heterocycles. The van der Waals surface area contributed by atoms with Gasteiger partial charge in [-0.1, -0.05) is 60.7 Å². The van der Waals surface area contributed by atoms with Gasteiger partial charge in [-0.25, -0.2) is 4.79 Å². The number of carbonyl (C=O) groups is 3. The lowest BCUT2D eigenvalue weighted by Gasteiger charge is -2.27. The number of aliphatic hydroxyl groups excluding tert-OH is 1. The van der Waals surface area contributed by atoms with Crippen molar-refractivity contribution in [1.29, 1.82) is 0 Å². The van der Waals surface area contributed by atoms with Crippen LogP contribution in [-0.2, 0) is 37.5 Å². The third-order valence-electron chi connectivity index (χ3n) is 5.78. The average molecular weight is 520 g/mol. The summed E-state index contributed by atoms with van der Waals surface area (Å²) in [6.07, 6.45) is -0.696. The van der Waals surface area contributed by atoms with Crippen LogP contribution in [0.2, 0.25) is 0 Å². The van der Waals surface area contributed by atoms with Crippen LogP contribution in [0, 0.1) is 5.92 Å². The minimum absolute atomic E-state index is 0.0334. The molecule has 0 radical (unpaired) electrons. The van der Waals surface area contributed by atoms with E-state index < -0.39 is 45.6 Å². The van der Waals surface area contributed by atoms with Crippen molar-refractivity contribution in [1.82, 2.24) is 16.0 Å². The zero-order valence-corrected chi connectivity index (χ0v) is 20.2. The Hall–Kier alpha value is -3.48. The third kappa shape index (κ3) is 8.04. The fraction of sp³-hybridized carbons (Fsp3) is 0.375. The van der Waals surface area contributed by atoms with Gasteiger partial charge in [-0.3, -0.25) is 14.1 Å². The molecule has 1 aliphatic heterocycles. The zero-order valence-electron chi connectivity index (χ0n) is 19.4. The molecule has 0 saturated carbocycles. The Bertz CT molecular complexity index is 1140. The first-order valence-corrected chi connectivity index (χ1v) is 12.9. The Morgan fingerprint density at radius 2 is 1.64 bits per heavy atom. The summed E-state index contributed by atoms with van der Waals surface area (Å²) >= 11 is 0. The lowest BCUT2D eigenvalue weighted by molar-refractivity contribution is -0.126. The molecule has 4 atom stereocenters. The second-order valence-electron chi connectivity index (χ2n) is 8.48. The SMILES string of the molecule is O=C(N[C@@H](Cc1ccccc1)C(=O)N[C@@H](C[C@@H]1CCNC1=O)C(O)S(=O)(=O)O)OCc1ccccc1. The second kappa shape index (κ2) is 12.5. The molecule has 1 fully saturated rings. The van der Waals surface area contributed by atoms with Crippen molar-refractivity contribution >= 4 is 28.0 Å². The minimum atomic E-state index is -4.96. The summed E-state index contributed by atoms with van der Waals surface area (Å²) in [7, 11) is -4.96. The third-order valence-corrected chi connectivity index (χ3v) is 6.72. The predicted molar refractivity (Wildman–Crippen MR) is 129 cm³/mol. The van der Waals surface area contributed by atoms with Crippen LogP contribution in [0.4, 0.5) is 4.79 Å². The highest BCUT2D eigenvalue weighted by Crippen LogP contribution is 2.20. The number of hydrogen-bond donors (Lipinski definition) is 5. The smallest absolute Gasteiger partial charge is 0.408 e. The van der Waals surface area contributed by atoms with Crippen LogP contribution in [0.3, 0.4) is 0 Å². The van der Waals surface area contributed by atoms with Crippen molar-refractivity contribution in [2.24, 2.45) is 5.92 Å². The number of hydrogen-bond acceptors (Lipinski definition) is 7. The Morgan fingerprint density at radius 1 is 1.03 bits per heavy atom. The van der Waals surface area contributed by atoms with Crippen LogP contribution in [-0.4, -0.2) is 60.0 Å². The van der Waals surface area contributed by atoms with Crippen molar-refractivity contribution < 1.29 is 37.2 Å². The van der Waals surface area contributed by atoms with Crippen LogP contribution >= 0.6 is 0 Å². The van der Waals surface area contributed by atoms with E-state index in [1.807, 2.05) is 6.07 Å². The Balaban J connectivity index is 1.74. The van der Waals surface area contributed by atoms with Crippen molar-refractivity contribution in [3.05, 3.63) is 71.8 Å². The molecule has 1 aliphatic rings. The number of alkyl carbamates (subject to hydrolysis) is 1. The number of amides is 3. The van der Waals surface area contributed by atoms with Gasteiger partial charge in [0.1, 0.15) is 12.6 Å². The summed E-state index contributed by atoms with van der Waals surface area (Å²) in [5.41, 5.74) is -0.928. The van der Waals surface area contributed by atoms with Crippen LogP contribution in [0.5, 0.6) is 0 Å². The summed E-state index contributed by atoms with van der Waals surface area (Å²) in [6.45, 7) is 0.338. The van der Waals surface area contributed by atoms with E-state index in [9.17, 15) is 32.5 Å². The molecule has 11 nitrogen and oxygen atoms in total. The molecule has 0 bridgehead atoms. The van der Waals surface area contributed by atoms with Gasteiger partial charge in [0.25, 0.3) is 10.1 Å². The second-order valence-corrected chi connectivity index (χ2v) is 9.99. The fourth-order valence-electron chi connectivity index (χ4n) is 3.88. The first-order chi connectivity index (χ1) is 17.1. The Morgan fingerprint density at radius 3 is 2.19 bits per heavy atom. The summed E-state index contributed by atoms with van der Waals surface area (Å²) in [5.74, 6) is -1.83. The molecule has 3 rings (SSSR count). The van der Waals surface area contributed by atoms with Crippen molar-refractivity contribution in [3.63, 3.8) is 0 Å². The van der Waals surface area contributed by atoms with E-state index in [2.05, 4.69) is 16.0 Å². The molecule has 1 heterocycles. The van der Waals surface area contributed by atoms with E-state index in [-0.39, 0.29) is 25.4 Å². The first-order valence-electron chi connectivity index (χ1n) is 11.4. The number of carbonyl (C=O) groups excluding carboxylic acids is 3. The van der Waals surface area contributed by atoms with Crippen molar-refractivity contribution in [2.75, 3.05) is 6.54 Å². The molecule has 0 aliphatic carbocycles.